The van der Waals surface area contributed by atoms with Crippen molar-refractivity contribution in [3.63, 3.8) is 0 Å². The smallest absolute Gasteiger partial charge is 0.231 e. The Kier molecular flexibility index (Phi) is 3.66. The van der Waals surface area contributed by atoms with E-state index in [0.29, 0.717) is 6.79 Å². The first-order valence-corrected chi connectivity index (χ1v) is 6.81. The molecule has 1 aromatic carbocycles. The molecule has 2 aromatic rings. The third-order valence-corrected chi connectivity index (χ3v) is 3.44. The number of benzene rings is 1. The van der Waals surface area contributed by atoms with E-state index < -0.39 is 0 Å². The van der Waals surface area contributed by atoms with E-state index in [4.69, 9.17) is 9.47 Å². The molecule has 5 heteroatoms. The van der Waals surface area contributed by atoms with Crippen LogP contribution in [0.5, 0.6) is 11.5 Å². The number of hydrogen-bond donors (Lipinski definition) is 1. The van der Waals surface area contributed by atoms with E-state index in [2.05, 4.69) is 26.2 Å². The van der Waals surface area contributed by atoms with Gasteiger partial charge >= 0.3 is 0 Å². The Morgan fingerprint density at radius 3 is 3.00 bits per heavy atom. The fourth-order valence-electron chi connectivity index (χ4n) is 1.96. The molecule has 1 N–H and O–H groups in total. The predicted octanol–water partition coefficient (Wildman–Crippen LogP) is 2.86. The highest BCUT2D eigenvalue weighted by molar-refractivity contribution is 9.10. The second kappa shape index (κ2) is 5.59. The lowest BCUT2D eigenvalue weighted by Crippen LogP contribution is -2.13. The molecule has 0 unspecified atom stereocenters. The van der Waals surface area contributed by atoms with E-state index in [-0.39, 0.29) is 0 Å². The highest BCUT2D eigenvalue weighted by Gasteiger charge is 2.17. The second-order valence-corrected chi connectivity index (χ2v) is 5.09. The summed E-state index contributed by atoms with van der Waals surface area (Å²) in [7, 11) is 0. The molecule has 0 spiro atoms. The topological polar surface area (TPSA) is 43.4 Å². The number of rotatable bonds is 4. The number of nitrogens with zero attached hydrogens (tertiary/aromatic N) is 1. The third-order valence-electron chi connectivity index (χ3n) is 2.85. The van der Waals surface area contributed by atoms with Crippen LogP contribution in [-0.2, 0) is 13.1 Å². The molecule has 1 aliphatic heterocycles. The molecule has 1 aliphatic rings. The molecule has 0 fully saturated rings. The predicted molar refractivity (Wildman–Crippen MR) is 75.0 cm³/mol. The lowest BCUT2D eigenvalue weighted by atomic mass is 10.2. The van der Waals surface area contributed by atoms with Gasteiger partial charge in [0.25, 0.3) is 0 Å². The van der Waals surface area contributed by atoms with Crippen molar-refractivity contribution < 1.29 is 9.47 Å². The summed E-state index contributed by atoms with van der Waals surface area (Å²) >= 11 is 3.49. The van der Waals surface area contributed by atoms with Crippen LogP contribution < -0.4 is 14.8 Å². The largest absolute Gasteiger partial charge is 0.454 e. The van der Waals surface area contributed by atoms with E-state index in [9.17, 15) is 0 Å². The molecule has 0 bridgehead atoms. The second-order valence-electron chi connectivity index (χ2n) is 4.24. The molecule has 1 aromatic heterocycles. The van der Waals surface area contributed by atoms with Gasteiger partial charge < -0.3 is 14.8 Å². The molecule has 19 heavy (non-hydrogen) atoms. The van der Waals surface area contributed by atoms with Gasteiger partial charge in [-0.2, -0.15) is 0 Å². The SMILES string of the molecule is Brc1cc(CNCc2ccccn2)cc2c1OCO2. The number of ether oxygens (including phenoxy) is 2. The Bertz CT molecular complexity index is 575. The van der Waals surface area contributed by atoms with Gasteiger partial charge in [0, 0.05) is 19.3 Å². The van der Waals surface area contributed by atoms with Gasteiger partial charge in [-0.15, -0.1) is 0 Å². The van der Waals surface area contributed by atoms with Crippen LogP contribution in [0.15, 0.2) is 41.0 Å². The van der Waals surface area contributed by atoms with Gasteiger partial charge in [0.05, 0.1) is 10.2 Å². The Labute approximate surface area is 119 Å². The number of pyridine rings is 1. The molecule has 0 radical (unpaired) electrons. The number of aromatic nitrogens is 1. The van der Waals surface area contributed by atoms with Crippen LogP contribution >= 0.6 is 15.9 Å². The molecule has 0 aliphatic carbocycles. The van der Waals surface area contributed by atoms with Crippen LogP contribution in [-0.4, -0.2) is 11.8 Å². The van der Waals surface area contributed by atoms with Gasteiger partial charge in [-0.25, -0.2) is 0 Å². The maximum absolute atomic E-state index is 5.39. The van der Waals surface area contributed by atoms with Gasteiger partial charge in [0.15, 0.2) is 11.5 Å². The number of hydrogen-bond acceptors (Lipinski definition) is 4. The quantitative estimate of drug-likeness (QED) is 0.940. The average molecular weight is 321 g/mol. The molecule has 0 saturated heterocycles. The summed E-state index contributed by atoms with van der Waals surface area (Å²) in [5, 5.41) is 3.36. The molecular formula is C14H13BrN2O2. The fraction of sp³-hybridized carbons (Fsp3) is 0.214. The van der Waals surface area contributed by atoms with Crippen LogP contribution in [0.25, 0.3) is 0 Å². The number of fused-ring (bicyclic) bond motifs is 1. The van der Waals surface area contributed by atoms with Crippen molar-refractivity contribution in [1.82, 2.24) is 10.3 Å². The summed E-state index contributed by atoms with van der Waals surface area (Å²) in [6.07, 6.45) is 1.80. The van der Waals surface area contributed by atoms with Gasteiger partial charge in [0.2, 0.25) is 6.79 Å². The van der Waals surface area contributed by atoms with Gasteiger partial charge in [-0.1, -0.05) is 6.07 Å². The molecule has 0 saturated carbocycles. The van der Waals surface area contributed by atoms with Crippen LogP contribution in [0, 0.1) is 0 Å². The summed E-state index contributed by atoms with van der Waals surface area (Å²) in [6, 6.07) is 9.94. The van der Waals surface area contributed by atoms with Crippen molar-refractivity contribution in [2.75, 3.05) is 6.79 Å². The monoisotopic (exact) mass is 320 g/mol. The molecule has 98 valence electrons. The lowest BCUT2D eigenvalue weighted by molar-refractivity contribution is 0.173. The van der Waals surface area contributed by atoms with Crippen molar-refractivity contribution in [2.24, 2.45) is 0 Å². The molecule has 3 rings (SSSR count). The minimum Gasteiger partial charge on any atom is -0.454 e. The van der Waals surface area contributed by atoms with Crippen molar-refractivity contribution in [3.8, 4) is 11.5 Å². The Morgan fingerprint density at radius 2 is 2.16 bits per heavy atom. The molecule has 2 heterocycles. The van der Waals surface area contributed by atoms with E-state index in [1.165, 1.54) is 0 Å². The maximum Gasteiger partial charge on any atom is 0.231 e. The van der Waals surface area contributed by atoms with Crippen LogP contribution in [0.1, 0.15) is 11.3 Å². The highest BCUT2D eigenvalue weighted by Crippen LogP contribution is 2.39. The Morgan fingerprint density at radius 1 is 1.21 bits per heavy atom. The summed E-state index contributed by atoms with van der Waals surface area (Å²) in [5.41, 5.74) is 2.18. The number of nitrogens with one attached hydrogen (secondary N) is 1. The first-order valence-electron chi connectivity index (χ1n) is 6.01. The van der Waals surface area contributed by atoms with E-state index >= 15 is 0 Å². The fourth-order valence-corrected chi connectivity index (χ4v) is 2.56. The standard InChI is InChI=1S/C14H13BrN2O2/c15-12-5-10(6-13-14(12)19-9-18-13)7-16-8-11-3-1-2-4-17-11/h1-6,16H,7-9H2. The van der Waals surface area contributed by atoms with Crippen molar-refractivity contribution in [3.05, 3.63) is 52.3 Å². The van der Waals surface area contributed by atoms with Crippen molar-refractivity contribution in [2.45, 2.75) is 13.1 Å². The van der Waals surface area contributed by atoms with Gasteiger partial charge in [-0.3, -0.25) is 4.98 Å². The maximum atomic E-state index is 5.39. The van der Waals surface area contributed by atoms with Gasteiger partial charge in [0.1, 0.15) is 0 Å². The molecular weight excluding hydrogens is 308 g/mol. The summed E-state index contributed by atoms with van der Waals surface area (Å²) in [6.45, 7) is 1.79. The summed E-state index contributed by atoms with van der Waals surface area (Å²) in [5.74, 6) is 1.58. The van der Waals surface area contributed by atoms with E-state index in [0.717, 1.165) is 40.3 Å². The molecule has 4 nitrogen and oxygen atoms in total. The zero-order chi connectivity index (χ0) is 13.1. The van der Waals surface area contributed by atoms with Crippen molar-refractivity contribution >= 4 is 15.9 Å². The summed E-state index contributed by atoms with van der Waals surface area (Å²) < 4.78 is 11.7. The Balaban J connectivity index is 1.63. The summed E-state index contributed by atoms with van der Waals surface area (Å²) in [4.78, 5) is 4.27. The zero-order valence-electron chi connectivity index (χ0n) is 10.2. The normalized spacial score (nSPS) is 12.7. The molecule has 0 amide bonds. The zero-order valence-corrected chi connectivity index (χ0v) is 11.8. The highest BCUT2D eigenvalue weighted by atomic mass is 79.9. The third kappa shape index (κ3) is 2.88. The van der Waals surface area contributed by atoms with Crippen LogP contribution in [0.4, 0.5) is 0 Å². The Hall–Kier alpha value is -1.59. The van der Waals surface area contributed by atoms with Crippen molar-refractivity contribution in [1.29, 1.82) is 0 Å². The average Bonchev–Trinajstić information content (AvgIpc) is 2.89. The van der Waals surface area contributed by atoms with E-state index in [1.807, 2.05) is 30.3 Å². The minimum atomic E-state index is 0.290. The van der Waals surface area contributed by atoms with Crippen LogP contribution in [0.3, 0.4) is 0 Å². The molecule has 0 atom stereocenters. The van der Waals surface area contributed by atoms with Gasteiger partial charge in [-0.05, 0) is 45.8 Å². The minimum absolute atomic E-state index is 0.290. The van der Waals surface area contributed by atoms with Crippen LogP contribution in [0.2, 0.25) is 0 Å². The van der Waals surface area contributed by atoms with E-state index in [1.54, 1.807) is 6.20 Å². The lowest BCUT2D eigenvalue weighted by Gasteiger charge is -2.07. The first-order chi connectivity index (χ1) is 9.33. The first kappa shape index (κ1) is 12.4. The number of halogens is 1.